The van der Waals surface area contributed by atoms with Crippen LogP contribution in [0.3, 0.4) is 0 Å². The highest BCUT2D eigenvalue weighted by molar-refractivity contribution is 6.74. The molecular weight excluding hydrogens is 408 g/mol. The first kappa shape index (κ1) is 24.9. The van der Waals surface area contributed by atoms with E-state index in [2.05, 4.69) is 52.9 Å². The van der Waals surface area contributed by atoms with Gasteiger partial charge in [0.15, 0.2) is 14.6 Å². The molecule has 0 bridgehead atoms. The third kappa shape index (κ3) is 6.86. The average molecular weight is 451 g/mol. The molecule has 0 saturated carbocycles. The summed E-state index contributed by atoms with van der Waals surface area (Å²) in [4.78, 5) is 0. The van der Waals surface area contributed by atoms with Gasteiger partial charge in [0.2, 0.25) is 0 Å². The molecule has 0 spiro atoms. The monoisotopic (exact) mass is 450 g/mol. The summed E-state index contributed by atoms with van der Waals surface area (Å²) in [5, 5.41) is 9.90. The van der Waals surface area contributed by atoms with Gasteiger partial charge in [-0.15, -0.1) is 0 Å². The van der Waals surface area contributed by atoms with E-state index < -0.39 is 14.6 Å². The minimum Gasteiger partial charge on any atom is -0.411 e. The number of hydrogen-bond donors (Lipinski definition) is 1. The molecule has 1 N–H and O–H groups in total. The van der Waals surface area contributed by atoms with Crippen molar-refractivity contribution in [3.05, 3.63) is 35.9 Å². The first-order valence-corrected chi connectivity index (χ1v) is 14.7. The summed E-state index contributed by atoms with van der Waals surface area (Å²) in [6, 6.07) is 10.3. The van der Waals surface area contributed by atoms with Gasteiger partial charge in [-0.3, -0.25) is 0 Å². The highest BCUT2D eigenvalue weighted by Crippen LogP contribution is 2.41. The summed E-state index contributed by atoms with van der Waals surface area (Å²) in [7, 11) is -1.91. The molecule has 0 aliphatic carbocycles. The van der Waals surface area contributed by atoms with Gasteiger partial charge in [0.25, 0.3) is 0 Å². The predicted octanol–water partition coefficient (Wildman–Crippen LogP) is 5.27. The summed E-state index contributed by atoms with van der Waals surface area (Å²) in [6.45, 7) is 14.8. The molecule has 2 aliphatic heterocycles. The lowest BCUT2D eigenvalue weighted by atomic mass is 9.93. The SMILES string of the molecule is C[C@H](C[C@H]1O[C@H](COCc2ccccc2)C[C@H]1O[Si](C)(C)C(C)(C)C)[C@@H]1CCC(O)O1. The van der Waals surface area contributed by atoms with Crippen LogP contribution in [0.5, 0.6) is 0 Å². The summed E-state index contributed by atoms with van der Waals surface area (Å²) in [6.07, 6.45) is 3.03. The molecule has 6 heteroatoms. The van der Waals surface area contributed by atoms with Gasteiger partial charge in [-0.25, -0.2) is 0 Å². The van der Waals surface area contributed by atoms with Gasteiger partial charge in [-0.2, -0.15) is 0 Å². The van der Waals surface area contributed by atoms with Crippen LogP contribution in [0, 0.1) is 5.92 Å². The van der Waals surface area contributed by atoms with E-state index in [1.807, 2.05) is 18.2 Å². The van der Waals surface area contributed by atoms with Crippen LogP contribution in [0.15, 0.2) is 30.3 Å². The fourth-order valence-electron chi connectivity index (χ4n) is 4.26. The van der Waals surface area contributed by atoms with Crippen molar-refractivity contribution in [2.45, 2.75) is 109 Å². The maximum atomic E-state index is 9.75. The Morgan fingerprint density at radius 3 is 2.45 bits per heavy atom. The Bertz CT molecular complexity index is 674. The largest absolute Gasteiger partial charge is 0.411 e. The lowest BCUT2D eigenvalue weighted by molar-refractivity contribution is -0.111. The second-order valence-electron chi connectivity index (χ2n) is 10.9. The fraction of sp³-hybridized carbons (Fsp3) is 0.760. The molecule has 1 unspecified atom stereocenters. The molecule has 1 aromatic carbocycles. The van der Waals surface area contributed by atoms with Gasteiger partial charge in [0.05, 0.1) is 37.6 Å². The van der Waals surface area contributed by atoms with E-state index in [0.29, 0.717) is 19.1 Å². The van der Waals surface area contributed by atoms with E-state index in [1.165, 1.54) is 5.56 Å². The predicted molar refractivity (Wildman–Crippen MR) is 125 cm³/mol. The van der Waals surface area contributed by atoms with E-state index in [0.717, 1.165) is 25.7 Å². The van der Waals surface area contributed by atoms with Gasteiger partial charge in [0, 0.05) is 12.8 Å². The van der Waals surface area contributed by atoms with Crippen LogP contribution in [0.1, 0.15) is 58.9 Å². The van der Waals surface area contributed by atoms with Crippen molar-refractivity contribution < 1.29 is 23.7 Å². The van der Waals surface area contributed by atoms with Crippen LogP contribution < -0.4 is 0 Å². The minimum absolute atomic E-state index is 0.0378. The van der Waals surface area contributed by atoms with Crippen LogP contribution in [0.25, 0.3) is 0 Å². The van der Waals surface area contributed by atoms with Gasteiger partial charge < -0.3 is 23.7 Å². The van der Waals surface area contributed by atoms with Crippen molar-refractivity contribution in [3.63, 3.8) is 0 Å². The second-order valence-corrected chi connectivity index (χ2v) is 15.6. The third-order valence-electron chi connectivity index (χ3n) is 7.21. The maximum absolute atomic E-state index is 9.75. The average Bonchev–Trinajstić information content (AvgIpc) is 3.28. The highest BCUT2D eigenvalue weighted by atomic mass is 28.4. The number of hydrogen-bond acceptors (Lipinski definition) is 5. The smallest absolute Gasteiger partial charge is 0.192 e. The Labute approximate surface area is 189 Å². The molecule has 1 aromatic rings. The van der Waals surface area contributed by atoms with Crippen molar-refractivity contribution in [1.82, 2.24) is 0 Å². The van der Waals surface area contributed by atoms with Gasteiger partial charge >= 0.3 is 0 Å². The Balaban J connectivity index is 1.60. The molecule has 2 fully saturated rings. The van der Waals surface area contributed by atoms with Crippen molar-refractivity contribution in [1.29, 1.82) is 0 Å². The molecule has 0 aromatic heterocycles. The van der Waals surface area contributed by atoms with Crippen LogP contribution >= 0.6 is 0 Å². The Morgan fingerprint density at radius 2 is 1.84 bits per heavy atom. The molecule has 31 heavy (non-hydrogen) atoms. The minimum atomic E-state index is -1.91. The molecule has 3 rings (SSSR count). The van der Waals surface area contributed by atoms with Gasteiger partial charge in [-0.1, -0.05) is 58.0 Å². The van der Waals surface area contributed by atoms with Gasteiger partial charge in [0.1, 0.15) is 0 Å². The molecule has 0 radical (unpaired) electrons. The van der Waals surface area contributed by atoms with Crippen molar-refractivity contribution >= 4 is 8.32 Å². The topological polar surface area (TPSA) is 57.2 Å². The molecule has 2 heterocycles. The highest BCUT2D eigenvalue weighted by Gasteiger charge is 2.45. The number of aliphatic hydroxyl groups is 1. The normalized spacial score (nSPS) is 30.6. The zero-order valence-electron chi connectivity index (χ0n) is 20.2. The van der Waals surface area contributed by atoms with Gasteiger partial charge in [-0.05, 0) is 42.5 Å². The van der Waals surface area contributed by atoms with E-state index in [1.54, 1.807) is 0 Å². The van der Waals surface area contributed by atoms with Crippen LogP contribution in [0.2, 0.25) is 18.1 Å². The number of ether oxygens (including phenoxy) is 3. The molecule has 5 nitrogen and oxygen atoms in total. The first-order chi connectivity index (χ1) is 14.5. The van der Waals surface area contributed by atoms with Crippen LogP contribution in [-0.2, 0) is 25.2 Å². The summed E-state index contributed by atoms with van der Waals surface area (Å²) < 4.78 is 25.0. The molecule has 6 atom stereocenters. The van der Waals surface area contributed by atoms with E-state index >= 15 is 0 Å². The van der Waals surface area contributed by atoms with Crippen molar-refractivity contribution in [3.8, 4) is 0 Å². The zero-order chi connectivity index (χ0) is 22.6. The third-order valence-corrected chi connectivity index (χ3v) is 11.7. The molecular formula is C25H42O5Si. The Kier molecular flexibility index (Phi) is 8.38. The number of benzene rings is 1. The van der Waals surface area contributed by atoms with Crippen molar-refractivity contribution in [2.75, 3.05) is 6.61 Å². The molecule has 2 aliphatic rings. The summed E-state index contributed by atoms with van der Waals surface area (Å²) in [5.74, 6) is 0.316. The van der Waals surface area contributed by atoms with Crippen molar-refractivity contribution in [2.24, 2.45) is 5.92 Å². The zero-order valence-corrected chi connectivity index (χ0v) is 21.2. The lowest BCUT2D eigenvalue weighted by Crippen LogP contribution is -2.46. The molecule has 0 amide bonds. The first-order valence-electron chi connectivity index (χ1n) is 11.8. The van der Waals surface area contributed by atoms with E-state index in [9.17, 15) is 5.11 Å². The molecule has 176 valence electrons. The standard InChI is InChI=1S/C25H42O5Si/c1-18(21-12-13-24(26)29-21)14-22-23(30-31(5,6)25(2,3)4)15-20(28-22)17-27-16-19-10-8-7-9-11-19/h7-11,18,20-24,26H,12-17H2,1-6H3/t18-,20+,21+,22-,23-,24?/m1/s1. The Morgan fingerprint density at radius 1 is 1.13 bits per heavy atom. The quantitative estimate of drug-likeness (QED) is 0.519. The summed E-state index contributed by atoms with van der Waals surface area (Å²) >= 11 is 0. The number of aliphatic hydroxyl groups excluding tert-OH is 1. The Hall–Kier alpha value is -0.763. The lowest BCUT2D eigenvalue weighted by Gasteiger charge is -2.39. The van der Waals surface area contributed by atoms with Crippen LogP contribution in [-0.4, -0.2) is 50.7 Å². The number of rotatable bonds is 9. The van der Waals surface area contributed by atoms with E-state index in [4.69, 9.17) is 18.6 Å². The van der Waals surface area contributed by atoms with E-state index in [-0.39, 0.29) is 29.5 Å². The summed E-state index contributed by atoms with van der Waals surface area (Å²) in [5.41, 5.74) is 1.18. The maximum Gasteiger partial charge on any atom is 0.192 e. The second kappa shape index (κ2) is 10.4. The molecule has 2 saturated heterocycles. The van der Waals surface area contributed by atoms with Crippen LogP contribution in [0.4, 0.5) is 0 Å². The fourth-order valence-corrected chi connectivity index (χ4v) is 5.62.